The van der Waals surface area contributed by atoms with Gasteiger partial charge in [-0.15, -0.1) is 4.68 Å². The Morgan fingerprint density at radius 2 is 2.33 bits per heavy atom. The Labute approximate surface area is 85.4 Å². The summed E-state index contributed by atoms with van der Waals surface area (Å²) < 4.78 is 1.36. The highest BCUT2D eigenvalue weighted by Crippen LogP contribution is 2.24. The van der Waals surface area contributed by atoms with Crippen LogP contribution >= 0.6 is 0 Å². The fraction of sp³-hybridized carbons (Fsp3) is 0.500. The number of nitro groups is 1. The SMILES string of the molecule is CC(=O)N1CC(n2nccc2[N+](=O)[O-])C1. The second-order valence-electron chi connectivity index (χ2n) is 3.47. The van der Waals surface area contributed by atoms with Crippen LogP contribution in [-0.4, -0.2) is 38.6 Å². The molecule has 15 heavy (non-hydrogen) atoms. The molecule has 0 spiro atoms. The molecular formula is C8H10N4O3. The molecule has 1 aromatic heterocycles. The van der Waals surface area contributed by atoms with Crippen LogP contribution in [0.15, 0.2) is 12.3 Å². The van der Waals surface area contributed by atoms with E-state index < -0.39 is 4.92 Å². The zero-order valence-electron chi connectivity index (χ0n) is 8.16. The van der Waals surface area contributed by atoms with Gasteiger partial charge in [0.15, 0.2) is 6.04 Å². The van der Waals surface area contributed by atoms with Crippen LogP contribution in [0.1, 0.15) is 13.0 Å². The average Bonchev–Trinajstić information content (AvgIpc) is 2.48. The highest BCUT2D eigenvalue weighted by molar-refractivity contribution is 5.74. The van der Waals surface area contributed by atoms with Gasteiger partial charge in [0.05, 0.1) is 25.4 Å². The van der Waals surface area contributed by atoms with E-state index in [1.54, 1.807) is 4.90 Å². The lowest BCUT2D eigenvalue weighted by atomic mass is 10.1. The molecule has 1 aliphatic rings. The van der Waals surface area contributed by atoms with Gasteiger partial charge in [0.25, 0.3) is 0 Å². The molecule has 2 heterocycles. The zero-order chi connectivity index (χ0) is 11.0. The van der Waals surface area contributed by atoms with E-state index >= 15 is 0 Å². The van der Waals surface area contributed by atoms with Crippen LogP contribution in [0.25, 0.3) is 0 Å². The summed E-state index contributed by atoms with van der Waals surface area (Å²) in [5.41, 5.74) is 0. The minimum Gasteiger partial charge on any atom is -0.358 e. The van der Waals surface area contributed by atoms with Crippen molar-refractivity contribution in [2.75, 3.05) is 13.1 Å². The van der Waals surface area contributed by atoms with Crippen molar-refractivity contribution < 1.29 is 9.72 Å². The van der Waals surface area contributed by atoms with Crippen LogP contribution in [0, 0.1) is 10.1 Å². The quantitative estimate of drug-likeness (QED) is 0.515. The molecule has 7 heteroatoms. The van der Waals surface area contributed by atoms with E-state index in [1.807, 2.05) is 0 Å². The van der Waals surface area contributed by atoms with Crippen molar-refractivity contribution in [2.45, 2.75) is 13.0 Å². The summed E-state index contributed by atoms with van der Waals surface area (Å²) >= 11 is 0. The molecule has 1 saturated heterocycles. The number of carbonyl (C=O) groups excluding carboxylic acids is 1. The van der Waals surface area contributed by atoms with Crippen molar-refractivity contribution in [3.63, 3.8) is 0 Å². The van der Waals surface area contributed by atoms with Crippen molar-refractivity contribution in [1.29, 1.82) is 0 Å². The maximum Gasteiger partial charge on any atom is 0.345 e. The molecule has 0 aliphatic carbocycles. The van der Waals surface area contributed by atoms with E-state index in [-0.39, 0.29) is 17.8 Å². The summed E-state index contributed by atoms with van der Waals surface area (Å²) in [6.45, 7) is 2.48. The van der Waals surface area contributed by atoms with Gasteiger partial charge in [-0.1, -0.05) is 5.10 Å². The predicted molar refractivity (Wildman–Crippen MR) is 50.2 cm³/mol. The molecule has 0 aromatic carbocycles. The number of carbonyl (C=O) groups is 1. The highest BCUT2D eigenvalue weighted by atomic mass is 16.6. The lowest BCUT2D eigenvalue weighted by Crippen LogP contribution is -2.50. The number of amides is 1. The van der Waals surface area contributed by atoms with Crippen LogP contribution in [0.5, 0.6) is 0 Å². The minimum absolute atomic E-state index is 0.0129. The third-order valence-electron chi connectivity index (χ3n) is 2.49. The van der Waals surface area contributed by atoms with Gasteiger partial charge in [-0.05, 0) is 4.92 Å². The lowest BCUT2D eigenvalue weighted by Gasteiger charge is -2.35. The van der Waals surface area contributed by atoms with E-state index in [4.69, 9.17) is 0 Å². The molecule has 0 bridgehead atoms. The second-order valence-corrected chi connectivity index (χ2v) is 3.47. The van der Waals surface area contributed by atoms with Crippen LogP contribution in [-0.2, 0) is 4.79 Å². The molecule has 0 saturated carbocycles. The normalized spacial score (nSPS) is 16.2. The Bertz CT molecular complexity index is 408. The number of nitrogens with zero attached hydrogens (tertiary/aromatic N) is 4. The van der Waals surface area contributed by atoms with Gasteiger partial charge in [-0.2, -0.15) is 0 Å². The van der Waals surface area contributed by atoms with E-state index in [1.165, 1.54) is 23.9 Å². The van der Waals surface area contributed by atoms with Gasteiger partial charge < -0.3 is 15.0 Å². The second kappa shape index (κ2) is 3.34. The van der Waals surface area contributed by atoms with Crippen molar-refractivity contribution in [2.24, 2.45) is 0 Å². The number of rotatable bonds is 2. The molecule has 1 aliphatic heterocycles. The van der Waals surface area contributed by atoms with Crippen molar-refractivity contribution >= 4 is 11.7 Å². The lowest BCUT2D eigenvalue weighted by molar-refractivity contribution is -0.393. The summed E-state index contributed by atoms with van der Waals surface area (Å²) in [5, 5.41) is 14.5. The first-order chi connectivity index (χ1) is 7.09. The Morgan fingerprint density at radius 1 is 1.67 bits per heavy atom. The highest BCUT2D eigenvalue weighted by Gasteiger charge is 2.36. The molecule has 0 N–H and O–H groups in total. The van der Waals surface area contributed by atoms with Gasteiger partial charge in [-0.3, -0.25) is 4.79 Å². The number of hydrogen-bond donors (Lipinski definition) is 0. The van der Waals surface area contributed by atoms with Crippen molar-refractivity contribution in [1.82, 2.24) is 14.7 Å². The molecule has 1 aromatic rings. The molecule has 0 atom stereocenters. The Morgan fingerprint density at radius 3 is 2.87 bits per heavy atom. The monoisotopic (exact) mass is 210 g/mol. The molecule has 1 amide bonds. The van der Waals surface area contributed by atoms with Gasteiger partial charge in [-0.25, -0.2) is 0 Å². The Balaban J connectivity index is 2.10. The minimum atomic E-state index is -0.469. The molecule has 0 unspecified atom stereocenters. The van der Waals surface area contributed by atoms with E-state index in [0.717, 1.165) is 0 Å². The maximum absolute atomic E-state index is 10.9. The Hall–Kier alpha value is -1.92. The molecule has 7 nitrogen and oxygen atoms in total. The fourth-order valence-electron chi connectivity index (χ4n) is 1.60. The van der Waals surface area contributed by atoms with Gasteiger partial charge in [0, 0.05) is 6.92 Å². The molecule has 2 rings (SSSR count). The standard InChI is InChI=1S/C8H10N4O3/c1-6(13)10-4-7(5-10)11-8(12(14)15)2-3-9-11/h2-3,7H,4-5H2,1H3. The zero-order valence-corrected chi connectivity index (χ0v) is 8.16. The summed E-state index contributed by atoms with van der Waals surface area (Å²) in [6, 6.07) is 1.29. The predicted octanol–water partition coefficient (Wildman–Crippen LogP) is 0.194. The van der Waals surface area contributed by atoms with Crippen molar-refractivity contribution in [3.05, 3.63) is 22.4 Å². The average molecular weight is 210 g/mol. The van der Waals surface area contributed by atoms with Gasteiger partial charge >= 0.3 is 5.82 Å². The summed E-state index contributed by atoms with van der Waals surface area (Å²) in [5.74, 6) is -0.0377. The number of likely N-dealkylation sites (tertiary alicyclic amines) is 1. The summed E-state index contributed by atoms with van der Waals surface area (Å²) in [4.78, 5) is 22.7. The topological polar surface area (TPSA) is 81.3 Å². The number of aromatic nitrogens is 2. The van der Waals surface area contributed by atoms with Crippen LogP contribution in [0.4, 0.5) is 5.82 Å². The Kier molecular flexibility index (Phi) is 2.14. The molecular weight excluding hydrogens is 200 g/mol. The first kappa shape index (κ1) is 9.63. The first-order valence-corrected chi connectivity index (χ1v) is 4.53. The summed E-state index contributed by atoms with van der Waals surface area (Å²) in [7, 11) is 0. The largest absolute Gasteiger partial charge is 0.358 e. The smallest absolute Gasteiger partial charge is 0.345 e. The van der Waals surface area contributed by atoms with E-state index in [2.05, 4.69) is 5.10 Å². The van der Waals surface area contributed by atoms with Gasteiger partial charge in [0.1, 0.15) is 0 Å². The number of hydrogen-bond acceptors (Lipinski definition) is 4. The molecule has 1 fully saturated rings. The van der Waals surface area contributed by atoms with Crippen LogP contribution < -0.4 is 0 Å². The maximum atomic E-state index is 10.9. The third-order valence-corrected chi connectivity index (χ3v) is 2.49. The van der Waals surface area contributed by atoms with Gasteiger partial charge in [0.2, 0.25) is 5.91 Å². The van der Waals surface area contributed by atoms with Crippen molar-refractivity contribution in [3.8, 4) is 0 Å². The first-order valence-electron chi connectivity index (χ1n) is 4.53. The van der Waals surface area contributed by atoms with Crippen LogP contribution in [0.2, 0.25) is 0 Å². The fourth-order valence-corrected chi connectivity index (χ4v) is 1.60. The third kappa shape index (κ3) is 1.56. The van der Waals surface area contributed by atoms with E-state index in [0.29, 0.717) is 13.1 Å². The van der Waals surface area contributed by atoms with E-state index in [9.17, 15) is 14.9 Å². The van der Waals surface area contributed by atoms with Crippen LogP contribution in [0.3, 0.4) is 0 Å². The summed E-state index contributed by atoms with van der Waals surface area (Å²) in [6.07, 6.45) is 1.40. The molecule has 0 radical (unpaired) electrons. The molecule has 80 valence electrons.